The third kappa shape index (κ3) is 5.85. The van der Waals surface area contributed by atoms with Crippen LogP contribution in [0.25, 0.3) is 0 Å². The summed E-state index contributed by atoms with van der Waals surface area (Å²) < 4.78 is 25.4. The third-order valence-corrected chi connectivity index (χ3v) is 7.60. The fourth-order valence-electron chi connectivity index (χ4n) is 5.54. The average molecular weight is 506 g/mol. The topological polar surface area (TPSA) is 91.3 Å². The fraction of sp³-hybridized carbons (Fsp3) is 0.808. The standard InChI is InChI=1S/C26H40FN5O4/c1-24(2,3)36-23(33)32-13-19-20(14-32)28-22(29-21(19)31-10-5-7-25(4,34)15-31)35-17-26(8-9-26)16-30-11-6-18(27)12-30/h18,34H,5-17H2,1-4H3/t18-,25-/m1/s1. The van der Waals surface area contributed by atoms with Gasteiger partial charge in [-0.05, 0) is 59.8 Å². The molecule has 4 aliphatic rings. The van der Waals surface area contributed by atoms with Gasteiger partial charge in [0.15, 0.2) is 0 Å². The average Bonchev–Trinajstić information content (AvgIpc) is 3.19. The van der Waals surface area contributed by atoms with Gasteiger partial charge in [-0.1, -0.05) is 0 Å². The minimum absolute atomic E-state index is 0.0317. The normalized spacial score (nSPS) is 27.8. The number of aromatic nitrogens is 2. The van der Waals surface area contributed by atoms with Crippen molar-refractivity contribution in [3.8, 4) is 6.01 Å². The van der Waals surface area contributed by atoms with Crippen LogP contribution in [0.1, 0.15) is 71.1 Å². The number of likely N-dealkylation sites (tertiary alicyclic amines) is 1. The Morgan fingerprint density at radius 2 is 1.97 bits per heavy atom. The number of hydrogen-bond acceptors (Lipinski definition) is 8. The van der Waals surface area contributed by atoms with E-state index in [2.05, 4.69) is 9.80 Å². The van der Waals surface area contributed by atoms with E-state index in [1.807, 2.05) is 27.7 Å². The van der Waals surface area contributed by atoms with Gasteiger partial charge in [-0.15, -0.1) is 0 Å². The van der Waals surface area contributed by atoms with Crippen LogP contribution in [0, 0.1) is 5.41 Å². The predicted molar refractivity (Wildman–Crippen MR) is 133 cm³/mol. The Balaban J connectivity index is 1.34. The molecule has 0 spiro atoms. The molecule has 1 N–H and O–H groups in total. The maximum absolute atomic E-state index is 13.7. The van der Waals surface area contributed by atoms with Crippen LogP contribution in [0.3, 0.4) is 0 Å². The molecule has 200 valence electrons. The lowest BCUT2D eigenvalue weighted by Gasteiger charge is -2.38. The van der Waals surface area contributed by atoms with Crippen LogP contribution in [0.5, 0.6) is 6.01 Å². The van der Waals surface area contributed by atoms with Gasteiger partial charge in [0.25, 0.3) is 0 Å². The largest absolute Gasteiger partial charge is 0.463 e. The minimum atomic E-state index is -0.803. The molecule has 5 rings (SSSR count). The number of anilines is 1. The lowest BCUT2D eigenvalue weighted by Crippen LogP contribution is -2.47. The van der Waals surface area contributed by atoms with Crippen molar-refractivity contribution in [2.24, 2.45) is 5.41 Å². The molecule has 1 aliphatic carbocycles. The molecule has 3 aliphatic heterocycles. The quantitative estimate of drug-likeness (QED) is 0.630. The Morgan fingerprint density at radius 1 is 1.19 bits per heavy atom. The molecule has 2 atom stereocenters. The van der Waals surface area contributed by atoms with Gasteiger partial charge < -0.3 is 19.5 Å². The number of fused-ring (bicyclic) bond motifs is 1. The maximum Gasteiger partial charge on any atom is 0.410 e. The summed E-state index contributed by atoms with van der Waals surface area (Å²) in [5.74, 6) is 0.727. The molecule has 9 nitrogen and oxygen atoms in total. The first kappa shape index (κ1) is 25.4. The van der Waals surface area contributed by atoms with Crippen LogP contribution in [0.15, 0.2) is 0 Å². The number of nitrogens with zero attached hydrogens (tertiary/aromatic N) is 5. The molecule has 3 fully saturated rings. The van der Waals surface area contributed by atoms with E-state index in [1.54, 1.807) is 4.90 Å². The van der Waals surface area contributed by atoms with Crippen molar-refractivity contribution in [2.75, 3.05) is 44.2 Å². The van der Waals surface area contributed by atoms with Crippen molar-refractivity contribution in [1.29, 1.82) is 0 Å². The molecule has 0 aromatic carbocycles. The SMILES string of the molecule is CC(C)(C)OC(=O)N1Cc2nc(OCC3(CN4CC[C@@H](F)C4)CC3)nc(N3CCC[C@@](C)(O)C3)c2C1. The fourth-order valence-corrected chi connectivity index (χ4v) is 5.54. The van der Waals surface area contributed by atoms with Crippen LogP contribution < -0.4 is 9.64 Å². The van der Waals surface area contributed by atoms with Gasteiger partial charge in [0.1, 0.15) is 17.6 Å². The molecule has 1 saturated carbocycles. The van der Waals surface area contributed by atoms with Crippen LogP contribution in [-0.4, -0.2) is 87.7 Å². The smallest absolute Gasteiger partial charge is 0.410 e. The molecule has 0 radical (unpaired) electrons. The van der Waals surface area contributed by atoms with E-state index >= 15 is 0 Å². The molecule has 0 bridgehead atoms. The highest BCUT2D eigenvalue weighted by Crippen LogP contribution is 2.47. The number of amides is 1. The predicted octanol–water partition coefficient (Wildman–Crippen LogP) is 3.28. The molecule has 1 aromatic rings. The van der Waals surface area contributed by atoms with Gasteiger partial charge in [-0.3, -0.25) is 9.80 Å². The van der Waals surface area contributed by atoms with Gasteiger partial charge in [0, 0.05) is 43.7 Å². The lowest BCUT2D eigenvalue weighted by atomic mass is 9.95. The van der Waals surface area contributed by atoms with Crippen LogP contribution in [0.2, 0.25) is 0 Å². The number of aliphatic hydroxyl groups is 1. The maximum atomic E-state index is 13.7. The van der Waals surface area contributed by atoms with Crippen molar-refractivity contribution in [3.05, 3.63) is 11.3 Å². The van der Waals surface area contributed by atoms with E-state index in [9.17, 15) is 14.3 Å². The number of alkyl halides is 1. The molecule has 36 heavy (non-hydrogen) atoms. The molecule has 0 unspecified atom stereocenters. The molecule has 1 aromatic heterocycles. The van der Waals surface area contributed by atoms with E-state index in [1.165, 1.54) is 0 Å². The van der Waals surface area contributed by atoms with Crippen molar-refractivity contribution < 1.29 is 23.8 Å². The van der Waals surface area contributed by atoms with Gasteiger partial charge in [-0.2, -0.15) is 9.97 Å². The van der Waals surface area contributed by atoms with E-state index in [0.717, 1.165) is 62.4 Å². The number of ether oxygens (including phenoxy) is 2. The zero-order valence-electron chi connectivity index (χ0n) is 22.1. The van der Waals surface area contributed by atoms with Crippen molar-refractivity contribution in [2.45, 2.75) is 90.3 Å². The van der Waals surface area contributed by atoms with Gasteiger partial charge in [-0.25, -0.2) is 9.18 Å². The molecular weight excluding hydrogens is 465 g/mol. The Labute approximate surface area is 213 Å². The number of hydrogen-bond donors (Lipinski definition) is 1. The van der Waals surface area contributed by atoms with E-state index in [-0.39, 0.29) is 11.5 Å². The van der Waals surface area contributed by atoms with Crippen LogP contribution in [-0.2, 0) is 17.8 Å². The van der Waals surface area contributed by atoms with E-state index in [4.69, 9.17) is 19.4 Å². The van der Waals surface area contributed by atoms with E-state index < -0.39 is 17.4 Å². The summed E-state index contributed by atoms with van der Waals surface area (Å²) in [5, 5.41) is 10.7. The second kappa shape index (κ2) is 9.28. The van der Waals surface area contributed by atoms with E-state index in [0.29, 0.717) is 45.2 Å². The Hall–Kier alpha value is -2.20. The Morgan fingerprint density at radius 3 is 2.61 bits per heavy atom. The summed E-state index contributed by atoms with van der Waals surface area (Å²) in [7, 11) is 0. The zero-order valence-corrected chi connectivity index (χ0v) is 22.1. The second-order valence-electron chi connectivity index (χ2n) is 12.5. The van der Waals surface area contributed by atoms with Gasteiger partial charge in [0.2, 0.25) is 0 Å². The summed E-state index contributed by atoms with van der Waals surface area (Å²) in [6.45, 7) is 12.0. The monoisotopic (exact) mass is 505 g/mol. The van der Waals surface area contributed by atoms with Crippen LogP contribution in [0.4, 0.5) is 15.0 Å². The molecular formula is C26H40FN5O4. The number of carbonyl (C=O) groups is 1. The second-order valence-corrected chi connectivity index (χ2v) is 12.5. The molecule has 10 heteroatoms. The summed E-state index contributed by atoms with van der Waals surface area (Å²) in [5.41, 5.74) is 0.289. The Kier molecular flexibility index (Phi) is 6.56. The highest BCUT2D eigenvalue weighted by molar-refractivity contribution is 5.70. The third-order valence-electron chi connectivity index (χ3n) is 7.60. The summed E-state index contributed by atoms with van der Waals surface area (Å²) >= 11 is 0. The first-order chi connectivity index (χ1) is 16.9. The molecule has 4 heterocycles. The lowest BCUT2D eigenvalue weighted by molar-refractivity contribution is 0.0239. The van der Waals surface area contributed by atoms with Crippen LogP contribution >= 0.6 is 0 Å². The highest BCUT2D eigenvalue weighted by Gasteiger charge is 2.46. The number of halogens is 1. The number of piperidine rings is 1. The number of β-amino-alcohol motifs (C(OH)–C–C–N with tert-alkyl or cyclic N) is 1. The Bertz CT molecular complexity index is 993. The van der Waals surface area contributed by atoms with Crippen molar-refractivity contribution in [3.63, 3.8) is 0 Å². The molecule has 1 amide bonds. The zero-order chi connectivity index (χ0) is 25.7. The number of carbonyl (C=O) groups excluding carboxylic acids is 1. The van der Waals surface area contributed by atoms with Crippen molar-refractivity contribution in [1.82, 2.24) is 19.8 Å². The van der Waals surface area contributed by atoms with Gasteiger partial charge in [0.05, 0.1) is 31.0 Å². The first-order valence-corrected chi connectivity index (χ1v) is 13.2. The highest BCUT2D eigenvalue weighted by atomic mass is 19.1. The molecule has 2 saturated heterocycles. The summed E-state index contributed by atoms with van der Waals surface area (Å²) in [6.07, 6.45) is 3.21. The minimum Gasteiger partial charge on any atom is -0.463 e. The summed E-state index contributed by atoms with van der Waals surface area (Å²) in [4.78, 5) is 28.2. The van der Waals surface area contributed by atoms with Gasteiger partial charge >= 0.3 is 12.1 Å². The first-order valence-electron chi connectivity index (χ1n) is 13.2. The van der Waals surface area contributed by atoms with Crippen molar-refractivity contribution >= 4 is 11.9 Å². The number of rotatable bonds is 6. The summed E-state index contributed by atoms with van der Waals surface area (Å²) in [6, 6.07) is 0.302.